The Labute approximate surface area is 171 Å². The average molecular weight is 410 g/mol. The summed E-state index contributed by atoms with van der Waals surface area (Å²) >= 11 is 2.95. The second-order valence-corrected chi connectivity index (χ2v) is 8.35. The largest absolute Gasteiger partial charge is 0.469 e. The molecule has 0 saturated heterocycles. The number of aromatic nitrogens is 3. The van der Waals surface area contributed by atoms with Gasteiger partial charge in [0.25, 0.3) is 0 Å². The van der Waals surface area contributed by atoms with Crippen LogP contribution in [0.15, 0.2) is 58.8 Å². The number of thiophene rings is 1. The third kappa shape index (κ3) is 3.31. The summed E-state index contributed by atoms with van der Waals surface area (Å²) in [4.78, 5) is 13.7. The van der Waals surface area contributed by atoms with Gasteiger partial charge in [-0.05, 0) is 36.9 Å². The molecule has 4 aromatic rings. The maximum Gasteiger partial charge on any atom is 0.192 e. The number of nitrogens with zero attached hydrogens (tertiary/aromatic N) is 3. The van der Waals surface area contributed by atoms with Gasteiger partial charge in [-0.15, -0.1) is 28.1 Å². The third-order valence-corrected chi connectivity index (χ3v) is 6.84. The van der Waals surface area contributed by atoms with E-state index in [2.05, 4.69) is 28.9 Å². The van der Waals surface area contributed by atoms with Crippen molar-refractivity contribution in [2.45, 2.75) is 25.5 Å². The van der Waals surface area contributed by atoms with E-state index in [0.29, 0.717) is 17.5 Å². The van der Waals surface area contributed by atoms with Crippen molar-refractivity contribution in [2.75, 3.05) is 5.75 Å². The fourth-order valence-corrected chi connectivity index (χ4v) is 5.20. The summed E-state index contributed by atoms with van der Waals surface area (Å²) < 4.78 is 8.49. The molecule has 0 saturated carbocycles. The normalized spacial score (nSPS) is 11.2. The first-order valence-electron chi connectivity index (χ1n) is 8.83. The molecule has 4 rings (SSSR count). The van der Waals surface area contributed by atoms with Gasteiger partial charge in [0.05, 0.1) is 22.5 Å². The highest BCUT2D eigenvalue weighted by Gasteiger charge is 2.20. The van der Waals surface area contributed by atoms with E-state index in [4.69, 9.17) is 4.42 Å². The van der Waals surface area contributed by atoms with Crippen LogP contribution in [0.1, 0.15) is 21.0 Å². The molecule has 0 aliphatic rings. The standard InChI is InChI=1S/C21H19N3O2S2/c1-4-10-24-20(16-9-11-26-14(16)3)22-23-21(24)27-12-17(25)19-13(2)15-7-5-6-8-18(15)28-19/h4-9,11H,1,10,12H2,2-3H3. The summed E-state index contributed by atoms with van der Waals surface area (Å²) in [5.74, 6) is 1.93. The Morgan fingerprint density at radius 3 is 2.82 bits per heavy atom. The van der Waals surface area contributed by atoms with Gasteiger partial charge in [-0.25, -0.2) is 0 Å². The molecule has 0 radical (unpaired) electrons. The first kappa shape index (κ1) is 18.7. The molecule has 142 valence electrons. The van der Waals surface area contributed by atoms with Crippen molar-refractivity contribution >= 4 is 39.0 Å². The number of carbonyl (C=O) groups excluding carboxylic acids is 1. The number of fused-ring (bicyclic) bond motifs is 1. The van der Waals surface area contributed by atoms with Crippen molar-refractivity contribution in [1.82, 2.24) is 14.8 Å². The van der Waals surface area contributed by atoms with Crippen molar-refractivity contribution in [3.63, 3.8) is 0 Å². The molecule has 28 heavy (non-hydrogen) atoms. The van der Waals surface area contributed by atoms with Crippen LogP contribution in [-0.2, 0) is 6.54 Å². The Bertz CT molecular complexity index is 1170. The lowest BCUT2D eigenvalue weighted by molar-refractivity contribution is 0.102. The van der Waals surface area contributed by atoms with Gasteiger partial charge in [0.2, 0.25) is 0 Å². The fraction of sp³-hybridized carbons (Fsp3) is 0.190. The number of ketones is 1. The molecular formula is C21H19N3O2S2. The third-order valence-electron chi connectivity index (χ3n) is 4.56. The highest BCUT2D eigenvalue weighted by Crippen LogP contribution is 2.32. The van der Waals surface area contributed by atoms with Gasteiger partial charge >= 0.3 is 0 Å². The maximum absolute atomic E-state index is 12.9. The molecule has 7 heteroatoms. The highest BCUT2D eigenvalue weighted by atomic mass is 32.2. The molecule has 0 spiro atoms. The van der Waals surface area contributed by atoms with Crippen LogP contribution >= 0.6 is 23.1 Å². The summed E-state index contributed by atoms with van der Waals surface area (Å²) in [5, 5.41) is 10.5. The van der Waals surface area contributed by atoms with E-state index in [9.17, 15) is 4.79 Å². The molecule has 5 nitrogen and oxygen atoms in total. The predicted molar refractivity (Wildman–Crippen MR) is 114 cm³/mol. The first-order chi connectivity index (χ1) is 13.6. The van der Waals surface area contributed by atoms with Gasteiger partial charge in [-0.3, -0.25) is 9.36 Å². The Kier molecular flexibility index (Phi) is 5.19. The minimum Gasteiger partial charge on any atom is -0.469 e. The zero-order valence-corrected chi connectivity index (χ0v) is 17.3. The maximum atomic E-state index is 12.9. The van der Waals surface area contributed by atoms with E-state index in [-0.39, 0.29) is 5.78 Å². The van der Waals surface area contributed by atoms with E-state index in [1.54, 1.807) is 23.7 Å². The average Bonchev–Trinajstić information content (AvgIpc) is 3.38. The number of thioether (sulfide) groups is 1. The number of allylic oxidation sites excluding steroid dienone is 1. The van der Waals surface area contributed by atoms with Crippen LogP contribution in [0.25, 0.3) is 21.5 Å². The molecular weight excluding hydrogens is 390 g/mol. The molecule has 0 amide bonds. The smallest absolute Gasteiger partial charge is 0.192 e. The van der Waals surface area contributed by atoms with Crippen LogP contribution in [0.3, 0.4) is 0 Å². The number of aryl methyl sites for hydroxylation is 2. The van der Waals surface area contributed by atoms with Crippen molar-refractivity contribution < 1.29 is 9.21 Å². The molecule has 1 aromatic carbocycles. The lowest BCUT2D eigenvalue weighted by atomic mass is 10.1. The van der Waals surface area contributed by atoms with Gasteiger partial charge in [0.15, 0.2) is 16.8 Å². The second kappa shape index (κ2) is 7.77. The van der Waals surface area contributed by atoms with Gasteiger partial charge in [-0.2, -0.15) is 0 Å². The molecule has 0 unspecified atom stereocenters. The number of benzene rings is 1. The SMILES string of the molecule is C=CCn1c(SCC(=O)c2sc3ccccc3c2C)nnc1-c1ccoc1C. The first-order valence-corrected chi connectivity index (χ1v) is 10.6. The Balaban J connectivity index is 1.58. The molecule has 0 N–H and O–H groups in total. The molecule has 0 fully saturated rings. The van der Waals surface area contributed by atoms with Crippen molar-refractivity contribution in [3.05, 3.63) is 65.5 Å². The lowest BCUT2D eigenvalue weighted by Crippen LogP contribution is -2.05. The van der Waals surface area contributed by atoms with Crippen LogP contribution in [-0.4, -0.2) is 26.3 Å². The van der Waals surface area contributed by atoms with Gasteiger partial charge in [0, 0.05) is 11.2 Å². The van der Waals surface area contributed by atoms with Crippen molar-refractivity contribution in [2.24, 2.45) is 0 Å². The minimum atomic E-state index is 0.109. The monoisotopic (exact) mass is 409 g/mol. The van der Waals surface area contributed by atoms with Gasteiger partial charge < -0.3 is 4.42 Å². The van der Waals surface area contributed by atoms with Crippen LogP contribution in [0, 0.1) is 13.8 Å². The fourth-order valence-electron chi connectivity index (χ4n) is 3.14. The molecule has 0 atom stereocenters. The van der Waals surface area contributed by atoms with Gasteiger partial charge in [0.1, 0.15) is 5.76 Å². The summed E-state index contributed by atoms with van der Waals surface area (Å²) in [6, 6.07) is 9.99. The molecule has 3 aromatic heterocycles. The van der Waals surface area contributed by atoms with E-state index < -0.39 is 0 Å². The van der Waals surface area contributed by atoms with E-state index in [1.807, 2.05) is 36.6 Å². The second-order valence-electron chi connectivity index (χ2n) is 6.36. The minimum absolute atomic E-state index is 0.109. The Morgan fingerprint density at radius 2 is 2.11 bits per heavy atom. The number of hydrogen-bond acceptors (Lipinski definition) is 6. The van der Waals surface area contributed by atoms with E-state index >= 15 is 0 Å². The molecule has 0 bridgehead atoms. The van der Waals surface area contributed by atoms with Crippen LogP contribution in [0.2, 0.25) is 0 Å². The van der Waals surface area contributed by atoms with Crippen LogP contribution in [0.5, 0.6) is 0 Å². The molecule has 3 heterocycles. The van der Waals surface area contributed by atoms with E-state index in [1.165, 1.54) is 11.8 Å². The molecule has 0 aliphatic carbocycles. The quantitative estimate of drug-likeness (QED) is 0.228. The number of furan rings is 1. The zero-order valence-electron chi connectivity index (χ0n) is 15.6. The van der Waals surface area contributed by atoms with Crippen molar-refractivity contribution in [3.8, 4) is 11.4 Å². The van der Waals surface area contributed by atoms with Crippen LogP contribution in [0.4, 0.5) is 0 Å². The van der Waals surface area contributed by atoms with Crippen molar-refractivity contribution in [1.29, 1.82) is 0 Å². The summed E-state index contributed by atoms with van der Waals surface area (Å²) in [6.07, 6.45) is 3.43. The summed E-state index contributed by atoms with van der Waals surface area (Å²) in [6.45, 7) is 8.29. The number of carbonyl (C=O) groups is 1. The van der Waals surface area contributed by atoms with Gasteiger partial charge in [-0.1, -0.05) is 36.0 Å². The van der Waals surface area contributed by atoms with E-state index in [0.717, 1.165) is 37.7 Å². The number of hydrogen-bond donors (Lipinski definition) is 0. The summed E-state index contributed by atoms with van der Waals surface area (Å²) in [7, 11) is 0. The number of Topliss-reactive ketones (excluding diaryl/α,β-unsaturated/α-hetero) is 1. The van der Waals surface area contributed by atoms with Crippen LogP contribution < -0.4 is 0 Å². The topological polar surface area (TPSA) is 60.9 Å². The Morgan fingerprint density at radius 1 is 1.29 bits per heavy atom. The lowest BCUT2D eigenvalue weighted by Gasteiger charge is -2.07. The highest BCUT2D eigenvalue weighted by molar-refractivity contribution is 7.99. The summed E-state index contributed by atoms with van der Waals surface area (Å²) in [5.41, 5.74) is 1.95. The Hall–Kier alpha value is -2.64. The zero-order chi connectivity index (χ0) is 19.7. The molecule has 0 aliphatic heterocycles. The predicted octanol–water partition coefficient (Wildman–Crippen LogP) is 5.53. The number of rotatable bonds is 7.